The molecule has 0 N–H and O–H groups in total. The van der Waals surface area contributed by atoms with Crippen LogP contribution in [0.25, 0.3) is 0 Å². The molecule has 1 saturated heterocycles. The summed E-state index contributed by atoms with van der Waals surface area (Å²) in [5.74, 6) is -2.45. The zero-order valence-corrected chi connectivity index (χ0v) is 24.9. The number of unbranched alkanes of at least 4 members (excludes halogenated alkanes) is 2. The summed E-state index contributed by atoms with van der Waals surface area (Å²) in [4.78, 5) is 65.6. The van der Waals surface area contributed by atoms with Gasteiger partial charge in [-0.25, -0.2) is 4.79 Å². The predicted octanol–water partition coefficient (Wildman–Crippen LogP) is 5.68. The second-order valence-electron chi connectivity index (χ2n) is 11.9. The molecule has 0 radical (unpaired) electrons. The summed E-state index contributed by atoms with van der Waals surface area (Å²) >= 11 is 0. The molecule has 2 amide bonds. The van der Waals surface area contributed by atoms with E-state index >= 15 is 0 Å². The van der Waals surface area contributed by atoms with Gasteiger partial charge in [-0.1, -0.05) is 55.0 Å². The third-order valence-corrected chi connectivity index (χ3v) is 9.28. The number of hydrogen-bond donors (Lipinski definition) is 0. The Kier molecular flexibility index (Phi) is 7.82. The van der Waals surface area contributed by atoms with Gasteiger partial charge in [0.25, 0.3) is 0 Å². The van der Waals surface area contributed by atoms with Crippen molar-refractivity contribution in [3.05, 3.63) is 125 Å². The highest BCUT2D eigenvalue weighted by Crippen LogP contribution is 2.60. The van der Waals surface area contributed by atoms with Crippen molar-refractivity contribution in [2.24, 2.45) is 11.8 Å². The third-order valence-electron chi connectivity index (χ3n) is 9.28. The van der Waals surface area contributed by atoms with Gasteiger partial charge in [0, 0.05) is 30.4 Å². The summed E-state index contributed by atoms with van der Waals surface area (Å²) in [5, 5.41) is 0. The zero-order valence-electron chi connectivity index (χ0n) is 24.9. The topological polar surface area (TPSA) is 120 Å². The van der Waals surface area contributed by atoms with Gasteiger partial charge in [-0.05, 0) is 71.5 Å². The molecular weight excluding hydrogens is 586 g/mol. The van der Waals surface area contributed by atoms with E-state index in [2.05, 4.69) is 24.3 Å². The smallest absolute Gasteiger partial charge is 0.379 e. The van der Waals surface area contributed by atoms with E-state index in [4.69, 9.17) is 13.9 Å². The summed E-state index contributed by atoms with van der Waals surface area (Å²) in [6, 6.07) is 25.3. The highest BCUT2D eigenvalue weighted by Gasteiger charge is 2.61. The van der Waals surface area contributed by atoms with Crippen LogP contribution in [0.3, 0.4) is 0 Å². The minimum absolute atomic E-state index is 0.0622. The van der Waals surface area contributed by atoms with Crippen LogP contribution in [0.5, 0.6) is 5.75 Å². The minimum atomic E-state index is -0.654. The van der Waals surface area contributed by atoms with Crippen molar-refractivity contribution in [3.63, 3.8) is 0 Å². The van der Waals surface area contributed by atoms with E-state index in [0.29, 0.717) is 31.4 Å². The van der Waals surface area contributed by atoms with Crippen molar-refractivity contribution in [2.45, 2.75) is 37.5 Å². The number of imide groups is 1. The minimum Gasteiger partial charge on any atom is -0.457 e. The molecule has 0 saturated carbocycles. The van der Waals surface area contributed by atoms with E-state index < -0.39 is 18.5 Å². The first-order valence-corrected chi connectivity index (χ1v) is 15.5. The molecule has 1 fully saturated rings. The number of furan rings is 1. The van der Waals surface area contributed by atoms with Crippen LogP contribution in [-0.2, 0) is 19.1 Å². The molecule has 4 aromatic rings. The quantitative estimate of drug-likeness (QED) is 0.0694. The number of carbonyl (C=O) groups is 5. The van der Waals surface area contributed by atoms with E-state index in [0.717, 1.165) is 22.3 Å². The van der Waals surface area contributed by atoms with Gasteiger partial charge in [0.15, 0.2) is 12.4 Å². The Morgan fingerprint density at radius 1 is 0.696 bits per heavy atom. The molecule has 3 aliphatic carbocycles. The summed E-state index contributed by atoms with van der Waals surface area (Å²) < 4.78 is 15.4. The largest absolute Gasteiger partial charge is 0.457 e. The van der Waals surface area contributed by atoms with Gasteiger partial charge in [-0.3, -0.25) is 24.1 Å². The van der Waals surface area contributed by atoms with Crippen molar-refractivity contribution >= 4 is 29.5 Å². The Bertz CT molecular complexity index is 1710. The molecule has 4 aliphatic rings. The van der Waals surface area contributed by atoms with Crippen LogP contribution < -0.4 is 4.74 Å². The van der Waals surface area contributed by atoms with Gasteiger partial charge < -0.3 is 13.9 Å². The third kappa shape index (κ3) is 5.21. The Hall–Kier alpha value is -5.31. The van der Waals surface area contributed by atoms with E-state index in [1.54, 1.807) is 6.07 Å². The van der Waals surface area contributed by atoms with Crippen molar-refractivity contribution in [3.8, 4) is 5.75 Å². The molecule has 2 heterocycles. The predicted molar refractivity (Wildman–Crippen MR) is 164 cm³/mol. The fraction of sp³-hybridized carbons (Fsp3) is 0.270. The molecular formula is C37H31NO8. The number of hydrogen-bond acceptors (Lipinski definition) is 8. The average Bonchev–Trinajstić information content (AvgIpc) is 3.71. The van der Waals surface area contributed by atoms with Crippen LogP contribution in [0.2, 0.25) is 0 Å². The monoisotopic (exact) mass is 617 g/mol. The Labute approximate surface area is 265 Å². The van der Waals surface area contributed by atoms with E-state index in [9.17, 15) is 24.0 Å². The number of benzene rings is 3. The number of ether oxygens (including phenoxy) is 2. The van der Waals surface area contributed by atoms with Crippen LogP contribution in [0.1, 0.15) is 80.7 Å². The Morgan fingerprint density at radius 3 is 1.83 bits per heavy atom. The second kappa shape index (κ2) is 12.2. The Balaban J connectivity index is 0.869. The second-order valence-corrected chi connectivity index (χ2v) is 11.9. The van der Waals surface area contributed by atoms with E-state index in [-0.39, 0.29) is 59.2 Å². The molecule has 2 bridgehead atoms. The Morgan fingerprint density at radius 2 is 1.28 bits per heavy atom. The molecule has 1 aromatic heterocycles. The van der Waals surface area contributed by atoms with Crippen molar-refractivity contribution in [2.75, 3.05) is 13.2 Å². The molecule has 9 nitrogen and oxygen atoms in total. The van der Waals surface area contributed by atoms with Crippen LogP contribution in [-0.4, -0.2) is 47.6 Å². The fourth-order valence-corrected chi connectivity index (χ4v) is 7.24. The van der Waals surface area contributed by atoms with Crippen LogP contribution in [0.4, 0.5) is 0 Å². The molecule has 3 aromatic carbocycles. The lowest BCUT2D eigenvalue weighted by atomic mass is 9.55. The van der Waals surface area contributed by atoms with Crippen LogP contribution in [0.15, 0.2) is 95.6 Å². The van der Waals surface area contributed by atoms with Gasteiger partial charge in [-0.15, -0.1) is 0 Å². The van der Waals surface area contributed by atoms with Gasteiger partial charge in [0.05, 0.1) is 18.1 Å². The molecule has 1 aliphatic heterocycles. The van der Waals surface area contributed by atoms with Gasteiger partial charge in [-0.2, -0.15) is 0 Å². The number of ketones is 1. The lowest BCUT2D eigenvalue weighted by Gasteiger charge is -2.45. The highest BCUT2D eigenvalue weighted by molar-refractivity contribution is 6.07. The zero-order chi connectivity index (χ0) is 31.8. The first-order valence-electron chi connectivity index (χ1n) is 15.5. The SMILES string of the molecule is O=C(CCCCCN1C(=O)[C@H]2C3c4ccccc4C(c4ccccc43)[C@@H]2C1=O)OCC(=O)c1ccc(OC(=O)c2ccco2)cc1. The number of rotatable bonds is 11. The van der Waals surface area contributed by atoms with E-state index in [1.807, 2.05) is 24.3 Å². The van der Waals surface area contributed by atoms with Gasteiger partial charge in [0.1, 0.15) is 5.75 Å². The van der Waals surface area contributed by atoms with Crippen LogP contribution in [0, 0.1) is 11.8 Å². The maximum Gasteiger partial charge on any atom is 0.379 e. The number of nitrogens with zero attached hydrogens (tertiary/aromatic N) is 1. The lowest BCUT2D eigenvalue weighted by molar-refractivity contribution is -0.143. The molecule has 232 valence electrons. The highest BCUT2D eigenvalue weighted by atomic mass is 16.5. The first-order chi connectivity index (χ1) is 22.4. The summed E-state index contributed by atoms with van der Waals surface area (Å²) in [7, 11) is 0. The summed E-state index contributed by atoms with van der Waals surface area (Å²) in [5.41, 5.74) is 4.91. The van der Waals surface area contributed by atoms with Gasteiger partial charge in [0.2, 0.25) is 17.6 Å². The number of amides is 2. The normalized spacial score (nSPS) is 20.6. The molecule has 0 spiro atoms. The van der Waals surface area contributed by atoms with E-state index in [1.165, 1.54) is 41.5 Å². The van der Waals surface area contributed by atoms with Crippen molar-refractivity contribution < 1.29 is 37.9 Å². The average molecular weight is 618 g/mol. The lowest BCUT2D eigenvalue weighted by Crippen LogP contribution is -2.41. The van der Waals surface area contributed by atoms with Gasteiger partial charge >= 0.3 is 11.9 Å². The number of Topliss-reactive ketones (excluding diaryl/α,β-unsaturated/α-hetero) is 1. The van der Waals surface area contributed by atoms with Crippen molar-refractivity contribution in [1.82, 2.24) is 4.90 Å². The van der Waals surface area contributed by atoms with Crippen LogP contribution >= 0.6 is 0 Å². The summed E-state index contributed by atoms with van der Waals surface area (Å²) in [6.45, 7) is -0.0891. The fourth-order valence-electron chi connectivity index (χ4n) is 7.24. The molecule has 9 heteroatoms. The van der Waals surface area contributed by atoms with Crippen molar-refractivity contribution in [1.29, 1.82) is 0 Å². The molecule has 46 heavy (non-hydrogen) atoms. The standard InChI is InChI=1S/C37H31NO8/c39-28(22-15-17-23(18-16-22)46-37(43)29-13-8-20-44-29)21-45-30(40)14-2-1-7-19-38-35(41)33-31-24-9-3-4-10-25(24)32(34(33)36(38)42)27-12-6-5-11-26(27)31/h3-6,8-13,15-18,20,31-34H,1-2,7,14,19,21H2/t31?,32?,33-,34-/m0/s1. The summed E-state index contributed by atoms with van der Waals surface area (Å²) in [6.07, 6.45) is 3.20. The molecule has 8 rings (SSSR count). The molecule has 2 atom stereocenters. The molecule has 0 unspecified atom stereocenters. The first kappa shape index (κ1) is 29.4. The number of esters is 2. The number of likely N-dealkylation sites (tertiary alicyclic amines) is 1. The maximum absolute atomic E-state index is 13.7. The number of carbonyl (C=O) groups excluding carboxylic acids is 5. The maximum atomic E-state index is 13.7.